The van der Waals surface area contributed by atoms with E-state index in [2.05, 4.69) is 4.98 Å². The summed E-state index contributed by atoms with van der Waals surface area (Å²) in [4.78, 5) is 15.3. The third kappa shape index (κ3) is 3.13. The highest BCUT2D eigenvalue weighted by Crippen LogP contribution is 2.27. The van der Waals surface area contributed by atoms with Crippen LogP contribution < -0.4 is 15.0 Å². The summed E-state index contributed by atoms with van der Waals surface area (Å²) in [6, 6.07) is 13.3. The van der Waals surface area contributed by atoms with Crippen molar-refractivity contribution in [3.8, 4) is 22.8 Å². The summed E-state index contributed by atoms with van der Waals surface area (Å²) in [6.45, 7) is 6.01. The number of ether oxygens (including phenoxy) is 2. The molecule has 1 heterocycles. The molecule has 0 unspecified atom stereocenters. The Morgan fingerprint density at radius 2 is 1.83 bits per heavy atom. The van der Waals surface area contributed by atoms with Crippen LogP contribution in [0.1, 0.15) is 19.4 Å². The van der Waals surface area contributed by atoms with Crippen molar-refractivity contribution in [2.75, 3.05) is 7.11 Å². The van der Waals surface area contributed by atoms with Crippen LogP contribution >= 0.6 is 0 Å². The standard InChI is InChI=1S/C20H21NO3/c1-12(2)24-19-8-5-14(9-13(19)3)18-11-15-10-16(23-4)6-7-17(15)20(22)21-18/h5-12H,1-4H3,(H,21,22). The van der Waals surface area contributed by atoms with Crippen LogP contribution in [0.5, 0.6) is 11.5 Å². The lowest BCUT2D eigenvalue weighted by atomic mass is 10.0. The number of hydrogen-bond acceptors (Lipinski definition) is 3. The monoisotopic (exact) mass is 323 g/mol. The Morgan fingerprint density at radius 3 is 2.50 bits per heavy atom. The Hall–Kier alpha value is -2.75. The molecule has 0 saturated carbocycles. The van der Waals surface area contributed by atoms with E-state index in [1.807, 2.05) is 51.1 Å². The highest BCUT2D eigenvalue weighted by molar-refractivity contribution is 5.86. The summed E-state index contributed by atoms with van der Waals surface area (Å²) in [5.41, 5.74) is 2.66. The van der Waals surface area contributed by atoms with Gasteiger partial charge >= 0.3 is 0 Å². The number of fused-ring (bicyclic) bond motifs is 1. The third-order valence-electron chi connectivity index (χ3n) is 3.90. The topological polar surface area (TPSA) is 51.3 Å². The van der Waals surface area contributed by atoms with Gasteiger partial charge in [-0.3, -0.25) is 4.79 Å². The summed E-state index contributed by atoms with van der Waals surface area (Å²) in [7, 11) is 1.62. The fourth-order valence-electron chi connectivity index (χ4n) is 2.73. The van der Waals surface area contributed by atoms with Gasteiger partial charge in [-0.05, 0) is 79.7 Å². The molecule has 0 fully saturated rings. The molecule has 1 N–H and O–H groups in total. The second kappa shape index (κ2) is 6.40. The smallest absolute Gasteiger partial charge is 0.256 e. The maximum absolute atomic E-state index is 12.3. The maximum Gasteiger partial charge on any atom is 0.256 e. The maximum atomic E-state index is 12.3. The second-order valence-electron chi connectivity index (χ2n) is 6.11. The molecular formula is C20H21NO3. The van der Waals surface area contributed by atoms with Crippen molar-refractivity contribution in [1.82, 2.24) is 4.98 Å². The van der Waals surface area contributed by atoms with Crippen LogP contribution in [-0.4, -0.2) is 18.2 Å². The van der Waals surface area contributed by atoms with E-state index in [1.165, 1.54) is 0 Å². The molecule has 2 aromatic carbocycles. The molecule has 0 amide bonds. The molecule has 0 spiro atoms. The van der Waals surface area contributed by atoms with Gasteiger partial charge < -0.3 is 14.5 Å². The number of nitrogens with one attached hydrogen (secondary N) is 1. The molecule has 3 rings (SSSR count). The Morgan fingerprint density at radius 1 is 1.04 bits per heavy atom. The average Bonchev–Trinajstić information content (AvgIpc) is 2.55. The van der Waals surface area contributed by atoms with Crippen LogP contribution in [0.15, 0.2) is 47.3 Å². The van der Waals surface area contributed by atoms with Gasteiger partial charge in [0.15, 0.2) is 0 Å². The number of H-pyrrole nitrogens is 1. The Bertz CT molecular complexity index is 941. The van der Waals surface area contributed by atoms with Crippen molar-refractivity contribution < 1.29 is 9.47 Å². The van der Waals surface area contributed by atoms with E-state index in [-0.39, 0.29) is 11.7 Å². The van der Waals surface area contributed by atoms with Crippen LogP contribution in [0.3, 0.4) is 0 Å². The lowest BCUT2D eigenvalue weighted by Crippen LogP contribution is -2.08. The van der Waals surface area contributed by atoms with Gasteiger partial charge in [-0.2, -0.15) is 0 Å². The Kier molecular flexibility index (Phi) is 4.30. The minimum atomic E-state index is -0.106. The van der Waals surface area contributed by atoms with Gasteiger partial charge in [-0.15, -0.1) is 0 Å². The Balaban J connectivity index is 2.09. The molecule has 124 valence electrons. The highest BCUT2D eigenvalue weighted by Gasteiger charge is 2.08. The van der Waals surface area contributed by atoms with Crippen LogP contribution in [0.2, 0.25) is 0 Å². The molecule has 0 atom stereocenters. The first-order chi connectivity index (χ1) is 11.5. The van der Waals surface area contributed by atoms with Crippen LogP contribution in [0.25, 0.3) is 22.0 Å². The molecule has 3 aromatic rings. The van der Waals surface area contributed by atoms with E-state index in [9.17, 15) is 4.79 Å². The molecule has 24 heavy (non-hydrogen) atoms. The first-order valence-electron chi connectivity index (χ1n) is 7.96. The van der Waals surface area contributed by atoms with Crippen molar-refractivity contribution in [2.24, 2.45) is 0 Å². The quantitative estimate of drug-likeness (QED) is 0.779. The minimum Gasteiger partial charge on any atom is -0.497 e. The van der Waals surface area contributed by atoms with Crippen LogP contribution in [0, 0.1) is 6.92 Å². The first-order valence-corrected chi connectivity index (χ1v) is 7.96. The molecule has 0 aliphatic carbocycles. The summed E-state index contributed by atoms with van der Waals surface area (Å²) < 4.78 is 11.0. The van der Waals surface area contributed by atoms with E-state index < -0.39 is 0 Å². The SMILES string of the molecule is COc1ccc2c(=O)[nH]c(-c3ccc(OC(C)C)c(C)c3)cc2c1. The molecule has 0 aliphatic rings. The van der Waals surface area contributed by atoms with Crippen molar-refractivity contribution in [1.29, 1.82) is 0 Å². The van der Waals surface area contributed by atoms with Crippen molar-refractivity contribution in [3.63, 3.8) is 0 Å². The van der Waals surface area contributed by atoms with E-state index in [4.69, 9.17) is 9.47 Å². The number of aromatic nitrogens is 1. The van der Waals surface area contributed by atoms with Gasteiger partial charge in [0.05, 0.1) is 13.2 Å². The number of methoxy groups -OCH3 is 1. The zero-order chi connectivity index (χ0) is 17.3. The average molecular weight is 323 g/mol. The molecule has 4 nitrogen and oxygen atoms in total. The Labute approximate surface area is 141 Å². The lowest BCUT2D eigenvalue weighted by Gasteiger charge is -2.13. The van der Waals surface area contributed by atoms with Crippen LogP contribution in [0.4, 0.5) is 0 Å². The number of aryl methyl sites for hydroxylation is 1. The van der Waals surface area contributed by atoms with Gasteiger partial charge in [0, 0.05) is 11.1 Å². The summed E-state index contributed by atoms with van der Waals surface area (Å²) >= 11 is 0. The largest absolute Gasteiger partial charge is 0.497 e. The first kappa shape index (κ1) is 16.1. The minimum absolute atomic E-state index is 0.106. The molecule has 0 saturated heterocycles. The molecule has 4 heteroatoms. The zero-order valence-corrected chi connectivity index (χ0v) is 14.3. The van der Waals surface area contributed by atoms with Gasteiger partial charge in [0.1, 0.15) is 11.5 Å². The highest BCUT2D eigenvalue weighted by atomic mass is 16.5. The van der Waals surface area contributed by atoms with Gasteiger partial charge in [-0.25, -0.2) is 0 Å². The summed E-state index contributed by atoms with van der Waals surface area (Å²) in [5.74, 6) is 1.59. The normalized spacial score (nSPS) is 11.0. The lowest BCUT2D eigenvalue weighted by molar-refractivity contribution is 0.241. The van der Waals surface area contributed by atoms with E-state index in [1.54, 1.807) is 19.2 Å². The molecule has 0 aliphatic heterocycles. The predicted octanol–water partition coefficient (Wildman–Crippen LogP) is 4.30. The molecule has 0 bridgehead atoms. The van der Waals surface area contributed by atoms with E-state index in [0.717, 1.165) is 33.7 Å². The van der Waals surface area contributed by atoms with Gasteiger partial charge in [0.25, 0.3) is 5.56 Å². The number of aromatic amines is 1. The fourth-order valence-corrected chi connectivity index (χ4v) is 2.73. The fraction of sp³-hybridized carbons (Fsp3) is 0.250. The van der Waals surface area contributed by atoms with Crippen molar-refractivity contribution >= 4 is 10.8 Å². The molecule has 0 radical (unpaired) electrons. The second-order valence-corrected chi connectivity index (χ2v) is 6.11. The summed E-state index contributed by atoms with van der Waals surface area (Å²) in [5, 5.41) is 1.50. The number of rotatable bonds is 4. The summed E-state index contributed by atoms with van der Waals surface area (Å²) in [6.07, 6.45) is 0.127. The van der Waals surface area contributed by atoms with Gasteiger partial charge in [-0.1, -0.05) is 0 Å². The zero-order valence-electron chi connectivity index (χ0n) is 14.3. The molecule has 1 aromatic heterocycles. The third-order valence-corrected chi connectivity index (χ3v) is 3.90. The van der Waals surface area contributed by atoms with E-state index in [0.29, 0.717) is 5.39 Å². The van der Waals surface area contributed by atoms with Crippen molar-refractivity contribution in [2.45, 2.75) is 26.9 Å². The van der Waals surface area contributed by atoms with Crippen LogP contribution in [-0.2, 0) is 0 Å². The molecular weight excluding hydrogens is 302 g/mol. The predicted molar refractivity (Wildman–Crippen MR) is 97.1 cm³/mol. The van der Waals surface area contributed by atoms with Crippen molar-refractivity contribution in [3.05, 3.63) is 58.4 Å². The van der Waals surface area contributed by atoms with Gasteiger partial charge in [0.2, 0.25) is 0 Å². The number of pyridine rings is 1. The number of hydrogen-bond donors (Lipinski definition) is 1. The van der Waals surface area contributed by atoms with E-state index >= 15 is 0 Å². The number of benzene rings is 2.